The van der Waals surface area contributed by atoms with Gasteiger partial charge in [-0.25, -0.2) is 0 Å². The first kappa shape index (κ1) is 20.0. The molecule has 0 rings (SSSR count). The van der Waals surface area contributed by atoms with Crippen LogP contribution >= 0.6 is 0 Å². The van der Waals surface area contributed by atoms with Crippen molar-refractivity contribution in [3.05, 3.63) is 0 Å². The highest BCUT2D eigenvalue weighted by atomic mass is 32.2. The number of rotatable bonds is 6. The van der Waals surface area contributed by atoms with Crippen LogP contribution in [0.5, 0.6) is 0 Å². The Morgan fingerprint density at radius 2 is 1.62 bits per heavy atom. The number of ether oxygens (including phenoxy) is 1. The second kappa shape index (κ2) is 6.03. The third-order valence-corrected chi connectivity index (χ3v) is 3.93. The Hall–Kier alpha value is -0.970. The highest BCUT2D eigenvalue weighted by molar-refractivity contribution is 7.86. The van der Waals surface area contributed by atoms with Gasteiger partial charge in [0, 0.05) is 0 Å². The maximum atomic E-state index is 13.2. The summed E-state index contributed by atoms with van der Waals surface area (Å²) in [6.45, 7) is 2.24. The monoisotopic (exact) mass is 342 g/mol. The molecule has 0 spiro atoms. The molecule has 0 saturated heterocycles. The van der Waals surface area contributed by atoms with Gasteiger partial charge in [-0.05, 0) is 20.3 Å². The first-order valence-electron chi connectivity index (χ1n) is 5.66. The molecule has 0 saturated carbocycles. The maximum absolute atomic E-state index is 13.2. The second-order valence-electron chi connectivity index (χ2n) is 4.97. The molecule has 1 unspecified atom stereocenters. The average molecular weight is 342 g/mol. The van der Waals surface area contributed by atoms with Crippen LogP contribution in [0.3, 0.4) is 0 Å². The van der Waals surface area contributed by atoms with Crippen molar-refractivity contribution < 1.29 is 44.5 Å². The van der Waals surface area contributed by atoms with E-state index < -0.39 is 45.5 Å². The molecule has 0 bridgehead atoms. The number of carbonyl (C=O) groups is 1. The quantitative estimate of drug-likeness (QED) is 0.456. The third-order valence-electron chi connectivity index (χ3n) is 2.96. The first-order chi connectivity index (χ1) is 9.07. The Balaban J connectivity index is 5.31. The van der Waals surface area contributed by atoms with Crippen molar-refractivity contribution in [2.45, 2.75) is 38.6 Å². The summed E-state index contributed by atoms with van der Waals surface area (Å²) < 4.78 is 97.1. The largest absolute Gasteiger partial charge is 0.464 e. The van der Waals surface area contributed by atoms with Crippen LogP contribution in [-0.2, 0) is 19.6 Å². The average Bonchev–Trinajstić information content (AvgIpc) is 2.25. The number of hydrogen-bond donors (Lipinski definition) is 1. The minimum absolute atomic E-state index is 0.164. The fourth-order valence-electron chi connectivity index (χ4n) is 1.06. The molecule has 5 nitrogen and oxygen atoms in total. The Morgan fingerprint density at radius 1 is 1.19 bits per heavy atom. The van der Waals surface area contributed by atoms with Crippen LogP contribution in [0.4, 0.5) is 22.0 Å². The van der Waals surface area contributed by atoms with Crippen molar-refractivity contribution in [1.29, 1.82) is 0 Å². The number of alkyl halides is 5. The topological polar surface area (TPSA) is 80.7 Å². The smallest absolute Gasteiger partial charge is 0.402 e. The van der Waals surface area contributed by atoms with Crippen molar-refractivity contribution in [3.8, 4) is 0 Å². The molecule has 0 aliphatic carbocycles. The Bertz CT molecular complexity index is 483. The van der Waals surface area contributed by atoms with Crippen LogP contribution in [0.15, 0.2) is 0 Å². The fraction of sp³-hybridized carbons (Fsp3) is 0.900. The molecule has 0 fully saturated rings. The predicted octanol–water partition coefficient (Wildman–Crippen LogP) is 2.62. The molecule has 0 amide bonds. The summed E-state index contributed by atoms with van der Waals surface area (Å²) in [4.78, 5) is 11.5. The highest BCUT2D eigenvalue weighted by Crippen LogP contribution is 2.41. The summed E-state index contributed by atoms with van der Waals surface area (Å²) in [7, 11) is -6.32. The summed E-state index contributed by atoms with van der Waals surface area (Å²) in [6.07, 6.45) is -5.53. The van der Waals surface area contributed by atoms with E-state index in [4.69, 9.17) is 4.55 Å². The van der Waals surface area contributed by atoms with E-state index in [2.05, 4.69) is 4.74 Å². The Kier molecular flexibility index (Phi) is 5.75. The maximum Gasteiger partial charge on any atom is 0.402 e. The molecular formula is C10H15F5O5S. The minimum atomic E-state index is -6.32. The number of esters is 1. The van der Waals surface area contributed by atoms with E-state index >= 15 is 0 Å². The van der Waals surface area contributed by atoms with Gasteiger partial charge in [0.15, 0.2) is 5.92 Å². The van der Waals surface area contributed by atoms with E-state index in [1.165, 1.54) is 20.8 Å². The second-order valence-corrected chi connectivity index (χ2v) is 6.46. The molecule has 0 aliphatic heterocycles. The molecule has 11 heteroatoms. The summed E-state index contributed by atoms with van der Waals surface area (Å²) >= 11 is 0. The lowest BCUT2D eigenvalue weighted by molar-refractivity contribution is -0.232. The zero-order valence-electron chi connectivity index (χ0n) is 11.4. The van der Waals surface area contributed by atoms with Crippen LogP contribution in [-0.4, -0.2) is 37.0 Å². The van der Waals surface area contributed by atoms with Crippen LogP contribution in [0.2, 0.25) is 0 Å². The molecule has 0 aliphatic rings. The molecule has 21 heavy (non-hydrogen) atoms. The van der Waals surface area contributed by atoms with Gasteiger partial charge in [-0.3, -0.25) is 9.35 Å². The molecule has 0 aromatic rings. The summed E-state index contributed by atoms with van der Waals surface area (Å²) in [5.41, 5.74) is -1.22. The van der Waals surface area contributed by atoms with E-state index in [0.29, 0.717) is 0 Å². The van der Waals surface area contributed by atoms with Gasteiger partial charge in [0.25, 0.3) is 0 Å². The van der Waals surface area contributed by atoms with Gasteiger partial charge >= 0.3 is 27.5 Å². The van der Waals surface area contributed by atoms with Crippen molar-refractivity contribution in [3.63, 3.8) is 0 Å². The van der Waals surface area contributed by atoms with Gasteiger partial charge in [0.05, 0.1) is 5.41 Å². The van der Waals surface area contributed by atoms with Gasteiger partial charge in [-0.2, -0.15) is 30.4 Å². The van der Waals surface area contributed by atoms with Gasteiger partial charge in [-0.1, -0.05) is 6.92 Å². The molecule has 126 valence electrons. The summed E-state index contributed by atoms with van der Waals surface area (Å²) in [6, 6.07) is 0. The van der Waals surface area contributed by atoms with E-state index in [0.717, 1.165) is 0 Å². The van der Waals surface area contributed by atoms with Crippen molar-refractivity contribution in [1.82, 2.24) is 0 Å². The molecular weight excluding hydrogens is 327 g/mol. The molecule has 0 heterocycles. The number of hydrogen-bond acceptors (Lipinski definition) is 4. The minimum Gasteiger partial charge on any atom is -0.464 e. The molecule has 1 atom stereocenters. The normalized spacial score (nSPS) is 15.7. The van der Waals surface area contributed by atoms with Crippen LogP contribution in [0, 0.1) is 11.3 Å². The SMILES string of the molecule is CCC(C)(C)C(=O)OCC(C(F)(F)F)C(F)(F)S(=O)(=O)O. The fourth-order valence-corrected chi connectivity index (χ4v) is 1.62. The van der Waals surface area contributed by atoms with Crippen molar-refractivity contribution >= 4 is 16.1 Å². The van der Waals surface area contributed by atoms with Gasteiger partial charge in [0.1, 0.15) is 6.61 Å². The lowest BCUT2D eigenvalue weighted by atomic mass is 9.91. The summed E-state index contributed by atoms with van der Waals surface area (Å²) in [5.74, 6) is -5.05. The highest BCUT2D eigenvalue weighted by Gasteiger charge is 2.63. The lowest BCUT2D eigenvalue weighted by Gasteiger charge is -2.28. The molecule has 0 aromatic heterocycles. The van der Waals surface area contributed by atoms with E-state index in [-0.39, 0.29) is 6.42 Å². The van der Waals surface area contributed by atoms with Crippen LogP contribution in [0.1, 0.15) is 27.2 Å². The van der Waals surface area contributed by atoms with E-state index in [1.54, 1.807) is 0 Å². The molecule has 0 radical (unpaired) electrons. The van der Waals surface area contributed by atoms with E-state index in [1.807, 2.05) is 0 Å². The standard InChI is InChI=1S/C10H15F5O5S/c1-4-8(2,3)7(16)20-5-6(9(11,12)13)10(14,15)21(17,18)19/h6H,4-5H2,1-3H3,(H,17,18,19). The van der Waals surface area contributed by atoms with Gasteiger partial charge < -0.3 is 4.74 Å². The van der Waals surface area contributed by atoms with Crippen molar-refractivity contribution in [2.75, 3.05) is 6.61 Å². The Morgan fingerprint density at radius 3 is 1.90 bits per heavy atom. The third kappa shape index (κ3) is 4.77. The van der Waals surface area contributed by atoms with Gasteiger partial charge in [-0.15, -0.1) is 0 Å². The van der Waals surface area contributed by atoms with Gasteiger partial charge in [0.2, 0.25) is 0 Å². The molecule has 0 aromatic carbocycles. The first-order valence-corrected chi connectivity index (χ1v) is 7.10. The number of carbonyl (C=O) groups excluding carboxylic acids is 1. The summed E-state index contributed by atoms with van der Waals surface area (Å²) in [5, 5.41) is -5.53. The zero-order chi connectivity index (χ0) is 17.3. The van der Waals surface area contributed by atoms with Crippen molar-refractivity contribution in [2.24, 2.45) is 11.3 Å². The number of halogens is 5. The predicted molar refractivity (Wildman–Crippen MR) is 61.1 cm³/mol. The Labute approximate surface area is 118 Å². The van der Waals surface area contributed by atoms with Crippen LogP contribution in [0.25, 0.3) is 0 Å². The molecule has 1 N–H and O–H groups in total. The van der Waals surface area contributed by atoms with Crippen LogP contribution < -0.4 is 0 Å². The van der Waals surface area contributed by atoms with E-state index in [9.17, 15) is 35.2 Å². The zero-order valence-corrected chi connectivity index (χ0v) is 12.2. The lowest BCUT2D eigenvalue weighted by Crippen LogP contribution is -2.48.